The van der Waals surface area contributed by atoms with Gasteiger partial charge in [0.15, 0.2) is 0 Å². The molecule has 2 aliphatic rings. The molecule has 2 fully saturated rings. The Balaban J connectivity index is 1.99. The van der Waals surface area contributed by atoms with Crippen molar-refractivity contribution in [2.75, 3.05) is 0 Å². The molecule has 1 nitrogen and oxygen atoms in total. The van der Waals surface area contributed by atoms with Gasteiger partial charge in [0.25, 0.3) is 0 Å². The number of Topliss-reactive ketones (excluding diaryl/α,β-unsaturated/α-hetero) is 1. The third-order valence-electron chi connectivity index (χ3n) is 7.24. The highest BCUT2D eigenvalue weighted by atomic mass is 16.1. The number of ketones is 1. The maximum atomic E-state index is 12.8. The van der Waals surface area contributed by atoms with E-state index in [0.29, 0.717) is 40.3 Å². The molecule has 2 saturated carbocycles. The monoisotopic (exact) mass is 306 g/mol. The molecule has 22 heavy (non-hydrogen) atoms. The van der Waals surface area contributed by atoms with Crippen LogP contribution in [0.3, 0.4) is 0 Å². The van der Waals surface area contributed by atoms with Gasteiger partial charge in [-0.2, -0.15) is 0 Å². The maximum absolute atomic E-state index is 12.8. The Hall–Kier alpha value is -0.330. The first-order valence-corrected chi connectivity index (χ1v) is 9.65. The normalized spacial score (nSPS) is 37.7. The number of carbonyl (C=O) groups is 1. The number of rotatable bonds is 4. The Morgan fingerprint density at radius 3 is 1.50 bits per heavy atom. The van der Waals surface area contributed by atoms with Gasteiger partial charge in [-0.3, -0.25) is 4.79 Å². The molecular weight excluding hydrogens is 268 g/mol. The van der Waals surface area contributed by atoms with Crippen LogP contribution in [-0.2, 0) is 4.79 Å². The summed E-state index contributed by atoms with van der Waals surface area (Å²) in [5, 5.41) is 0. The lowest BCUT2D eigenvalue weighted by Gasteiger charge is -2.45. The van der Waals surface area contributed by atoms with Crippen LogP contribution in [0.15, 0.2) is 0 Å². The number of hydrogen-bond donors (Lipinski definition) is 0. The van der Waals surface area contributed by atoms with Crippen molar-refractivity contribution >= 4 is 5.78 Å². The van der Waals surface area contributed by atoms with Crippen molar-refractivity contribution < 1.29 is 4.79 Å². The first kappa shape index (κ1) is 18.0. The molecule has 0 spiro atoms. The van der Waals surface area contributed by atoms with Crippen molar-refractivity contribution in [3.8, 4) is 0 Å². The lowest BCUT2D eigenvalue weighted by molar-refractivity contribution is -0.125. The van der Waals surface area contributed by atoms with E-state index in [1.165, 1.54) is 38.5 Å². The predicted molar refractivity (Wildman–Crippen MR) is 94.8 cm³/mol. The zero-order valence-electron chi connectivity index (χ0n) is 15.9. The van der Waals surface area contributed by atoms with Crippen LogP contribution in [-0.4, -0.2) is 5.78 Å². The fourth-order valence-electron chi connectivity index (χ4n) is 5.60. The molecule has 0 amide bonds. The summed E-state index contributed by atoms with van der Waals surface area (Å²) in [4.78, 5) is 12.8. The molecule has 0 bridgehead atoms. The smallest absolute Gasteiger partial charge is 0.133 e. The van der Waals surface area contributed by atoms with Gasteiger partial charge in [0.1, 0.15) is 5.78 Å². The summed E-state index contributed by atoms with van der Waals surface area (Å²) in [5.41, 5.74) is 0.696. The molecule has 0 unspecified atom stereocenters. The van der Waals surface area contributed by atoms with Crippen molar-refractivity contribution in [1.82, 2.24) is 0 Å². The first-order chi connectivity index (χ1) is 10.1. The molecule has 128 valence electrons. The van der Waals surface area contributed by atoms with Gasteiger partial charge in [-0.15, -0.1) is 0 Å². The van der Waals surface area contributed by atoms with Crippen LogP contribution in [0, 0.1) is 34.5 Å². The van der Waals surface area contributed by atoms with E-state index >= 15 is 0 Å². The molecule has 2 rings (SSSR count). The highest BCUT2D eigenvalue weighted by Crippen LogP contribution is 2.48. The highest BCUT2D eigenvalue weighted by molar-refractivity contribution is 5.79. The van der Waals surface area contributed by atoms with Crippen molar-refractivity contribution in [2.45, 2.75) is 92.9 Å². The highest BCUT2D eigenvalue weighted by Gasteiger charge is 2.41. The van der Waals surface area contributed by atoms with Crippen molar-refractivity contribution in [2.24, 2.45) is 34.5 Å². The standard InChI is InChI=1S/C21H38O/c1-15-9-7-11-20(3,4)18(15)13-17(22)14-19-16(2)10-8-12-21(19,5)6/h15-16,18-19H,7-14H2,1-6H3/t15-,16-,18+,19+/m1/s1. The summed E-state index contributed by atoms with van der Waals surface area (Å²) in [6.45, 7) is 14.3. The second kappa shape index (κ2) is 6.65. The summed E-state index contributed by atoms with van der Waals surface area (Å²) in [7, 11) is 0. The number of hydrogen-bond acceptors (Lipinski definition) is 1. The zero-order valence-corrected chi connectivity index (χ0v) is 15.9. The van der Waals surface area contributed by atoms with E-state index in [9.17, 15) is 4.79 Å². The average molecular weight is 307 g/mol. The van der Waals surface area contributed by atoms with Gasteiger partial charge in [0, 0.05) is 12.8 Å². The lowest BCUT2D eigenvalue weighted by atomic mass is 9.60. The van der Waals surface area contributed by atoms with Crippen molar-refractivity contribution in [1.29, 1.82) is 0 Å². The van der Waals surface area contributed by atoms with Crippen LogP contribution in [0.4, 0.5) is 0 Å². The molecule has 1 heteroatoms. The molecular formula is C21H38O. The van der Waals surface area contributed by atoms with Gasteiger partial charge in [-0.1, -0.05) is 67.2 Å². The van der Waals surface area contributed by atoms with Crippen LogP contribution < -0.4 is 0 Å². The Bertz CT molecular complexity index is 357. The number of carbonyl (C=O) groups excluding carboxylic acids is 1. The van der Waals surface area contributed by atoms with E-state index < -0.39 is 0 Å². The molecule has 0 aromatic carbocycles. The average Bonchev–Trinajstić information content (AvgIpc) is 2.38. The van der Waals surface area contributed by atoms with E-state index in [2.05, 4.69) is 41.5 Å². The van der Waals surface area contributed by atoms with Gasteiger partial charge < -0.3 is 0 Å². The molecule has 0 heterocycles. The van der Waals surface area contributed by atoms with Crippen LogP contribution in [0.5, 0.6) is 0 Å². The van der Waals surface area contributed by atoms with Gasteiger partial charge in [0.05, 0.1) is 0 Å². The van der Waals surface area contributed by atoms with Crippen LogP contribution in [0.25, 0.3) is 0 Å². The SMILES string of the molecule is C[C@@H]1CCCC(C)(C)[C@H]1CC(=O)C[C@H]1[C@H](C)CCCC1(C)C. The van der Waals surface area contributed by atoms with Gasteiger partial charge >= 0.3 is 0 Å². The first-order valence-electron chi connectivity index (χ1n) is 9.65. The van der Waals surface area contributed by atoms with E-state index in [1.807, 2.05) is 0 Å². The quantitative estimate of drug-likeness (QED) is 0.599. The van der Waals surface area contributed by atoms with Gasteiger partial charge in [0.2, 0.25) is 0 Å². The lowest BCUT2D eigenvalue weighted by Crippen LogP contribution is -2.38. The summed E-state index contributed by atoms with van der Waals surface area (Å²) in [5.74, 6) is 3.15. The van der Waals surface area contributed by atoms with Crippen molar-refractivity contribution in [3.05, 3.63) is 0 Å². The second-order valence-corrected chi connectivity index (χ2v) is 9.88. The zero-order chi connectivity index (χ0) is 16.5. The Kier molecular flexibility index (Phi) is 5.45. The third-order valence-corrected chi connectivity index (χ3v) is 7.24. The second-order valence-electron chi connectivity index (χ2n) is 9.88. The fraction of sp³-hybridized carbons (Fsp3) is 0.952. The minimum atomic E-state index is 0.348. The van der Waals surface area contributed by atoms with Crippen molar-refractivity contribution in [3.63, 3.8) is 0 Å². The van der Waals surface area contributed by atoms with E-state index in [4.69, 9.17) is 0 Å². The molecule has 0 aromatic heterocycles. The fourth-order valence-corrected chi connectivity index (χ4v) is 5.60. The summed E-state index contributed by atoms with van der Waals surface area (Å²) < 4.78 is 0. The predicted octanol–water partition coefficient (Wildman–Crippen LogP) is 6.26. The largest absolute Gasteiger partial charge is 0.300 e. The molecule has 2 aliphatic carbocycles. The molecule has 0 aliphatic heterocycles. The molecule has 0 radical (unpaired) electrons. The minimum absolute atomic E-state index is 0.348. The van der Waals surface area contributed by atoms with E-state index in [1.54, 1.807) is 0 Å². The van der Waals surface area contributed by atoms with E-state index in [0.717, 1.165) is 12.8 Å². The molecule has 4 atom stereocenters. The summed E-state index contributed by atoms with van der Waals surface area (Å²) >= 11 is 0. The topological polar surface area (TPSA) is 17.1 Å². The van der Waals surface area contributed by atoms with E-state index in [-0.39, 0.29) is 0 Å². The van der Waals surface area contributed by atoms with Crippen LogP contribution in [0.2, 0.25) is 0 Å². The maximum Gasteiger partial charge on any atom is 0.133 e. The Morgan fingerprint density at radius 1 is 0.818 bits per heavy atom. The molecule has 0 aromatic rings. The van der Waals surface area contributed by atoms with Gasteiger partial charge in [-0.25, -0.2) is 0 Å². The molecule has 0 saturated heterocycles. The Morgan fingerprint density at radius 2 is 1.18 bits per heavy atom. The van der Waals surface area contributed by atoms with Crippen LogP contribution in [0.1, 0.15) is 92.9 Å². The van der Waals surface area contributed by atoms with Crippen LogP contribution >= 0.6 is 0 Å². The summed E-state index contributed by atoms with van der Waals surface area (Å²) in [6.07, 6.45) is 9.54. The minimum Gasteiger partial charge on any atom is -0.300 e. The molecule has 0 N–H and O–H groups in total. The summed E-state index contributed by atoms with van der Waals surface area (Å²) in [6, 6.07) is 0. The Labute approximate surface area is 138 Å². The third kappa shape index (κ3) is 3.95. The van der Waals surface area contributed by atoms with Gasteiger partial charge in [-0.05, 0) is 47.3 Å².